The van der Waals surface area contributed by atoms with Crippen molar-refractivity contribution in [2.75, 3.05) is 31.6 Å². The molecule has 3 aliphatic rings. The van der Waals surface area contributed by atoms with Crippen molar-refractivity contribution in [3.63, 3.8) is 0 Å². The minimum Gasteiger partial charge on any atom is -0.493 e. The number of hydrogen-bond acceptors (Lipinski definition) is 5. The SMILES string of the molecule is COc1ccc(N2CCN(C(=O)C3(C(=O)O)CCC3)[C@@H](Cc3ccccc3)C2)cc1OC1CCC1. The second-order valence-corrected chi connectivity index (χ2v) is 10.0. The lowest BCUT2D eigenvalue weighted by molar-refractivity contribution is -0.169. The topological polar surface area (TPSA) is 79.3 Å². The van der Waals surface area contributed by atoms with E-state index in [-0.39, 0.29) is 18.1 Å². The van der Waals surface area contributed by atoms with Gasteiger partial charge in [0.2, 0.25) is 5.91 Å². The Bertz CT molecular complexity index is 1060. The Labute approximate surface area is 206 Å². The van der Waals surface area contributed by atoms with E-state index in [0.717, 1.165) is 42.0 Å². The van der Waals surface area contributed by atoms with Crippen LogP contribution < -0.4 is 14.4 Å². The van der Waals surface area contributed by atoms with Crippen LogP contribution in [0.15, 0.2) is 48.5 Å². The highest BCUT2D eigenvalue weighted by Gasteiger charge is 2.54. The maximum Gasteiger partial charge on any atom is 0.319 e. The normalized spacial score (nSPS) is 21.6. The molecule has 35 heavy (non-hydrogen) atoms. The number of benzene rings is 2. The molecule has 2 saturated carbocycles. The molecular formula is C28H34N2O5. The highest BCUT2D eigenvalue weighted by molar-refractivity contribution is 6.03. The second kappa shape index (κ2) is 9.80. The van der Waals surface area contributed by atoms with Crippen molar-refractivity contribution in [1.29, 1.82) is 0 Å². The molecule has 2 aliphatic carbocycles. The molecule has 0 radical (unpaired) electrons. The zero-order valence-electron chi connectivity index (χ0n) is 20.3. The number of nitrogens with zero attached hydrogens (tertiary/aromatic N) is 2. The van der Waals surface area contributed by atoms with Crippen LogP contribution in [0.5, 0.6) is 11.5 Å². The highest BCUT2D eigenvalue weighted by Crippen LogP contribution is 2.44. The van der Waals surface area contributed by atoms with Crippen molar-refractivity contribution < 1.29 is 24.2 Å². The molecule has 1 N–H and O–H groups in total. The van der Waals surface area contributed by atoms with Crippen LogP contribution in [-0.4, -0.2) is 60.8 Å². The number of aliphatic carboxylic acids is 1. The summed E-state index contributed by atoms with van der Waals surface area (Å²) in [5, 5.41) is 9.88. The van der Waals surface area contributed by atoms with E-state index < -0.39 is 11.4 Å². The number of methoxy groups -OCH3 is 1. The molecule has 1 atom stereocenters. The van der Waals surface area contributed by atoms with Crippen molar-refractivity contribution in [3.05, 3.63) is 54.1 Å². The van der Waals surface area contributed by atoms with Gasteiger partial charge < -0.3 is 24.4 Å². The van der Waals surface area contributed by atoms with Crippen LogP contribution in [0.4, 0.5) is 5.69 Å². The third-order valence-corrected chi connectivity index (χ3v) is 7.94. The number of carboxylic acid groups (broad SMARTS) is 1. The zero-order chi connectivity index (χ0) is 24.4. The van der Waals surface area contributed by atoms with Crippen molar-refractivity contribution in [1.82, 2.24) is 4.90 Å². The van der Waals surface area contributed by atoms with Gasteiger partial charge in [-0.1, -0.05) is 36.8 Å². The average Bonchev–Trinajstić information content (AvgIpc) is 2.81. The molecule has 2 aromatic rings. The van der Waals surface area contributed by atoms with Gasteiger partial charge in [0.1, 0.15) is 5.41 Å². The quantitative estimate of drug-likeness (QED) is 0.575. The molecule has 2 aromatic carbocycles. The lowest BCUT2D eigenvalue weighted by Crippen LogP contribution is -2.62. The Morgan fingerprint density at radius 3 is 2.40 bits per heavy atom. The first kappa shape index (κ1) is 23.5. The molecule has 3 fully saturated rings. The number of anilines is 1. The van der Waals surface area contributed by atoms with Gasteiger partial charge in [0.25, 0.3) is 0 Å². The maximum atomic E-state index is 13.6. The molecule has 186 valence electrons. The minimum atomic E-state index is -1.25. The van der Waals surface area contributed by atoms with Gasteiger partial charge in [-0.15, -0.1) is 0 Å². The predicted octanol–water partition coefficient (Wildman–Crippen LogP) is 4.14. The Hall–Kier alpha value is -3.22. The summed E-state index contributed by atoms with van der Waals surface area (Å²) in [6.45, 7) is 1.77. The van der Waals surface area contributed by atoms with Crippen molar-refractivity contribution in [2.24, 2.45) is 5.41 Å². The minimum absolute atomic E-state index is 0.117. The molecule has 0 bridgehead atoms. The predicted molar refractivity (Wildman–Crippen MR) is 133 cm³/mol. The van der Waals surface area contributed by atoms with Crippen LogP contribution in [0.3, 0.4) is 0 Å². The number of rotatable bonds is 8. The summed E-state index contributed by atoms with van der Waals surface area (Å²) >= 11 is 0. The number of ether oxygens (including phenoxy) is 2. The van der Waals surface area contributed by atoms with Crippen molar-refractivity contribution in [3.8, 4) is 11.5 Å². The third kappa shape index (κ3) is 4.56. The van der Waals surface area contributed by atoms with Gasteiger partial charge in [-0.3, -0.25) is 9.59 Å². The summed E-state index contributed by atoms with van der Waals surface area (Å²) in [7, 11) is 1.65. The standard InChI is InChI=1S/C28H34N2O5/c1-34-24-12-11-21(18-25(24)35-23-9-5-10-23)29-15-16-30(26(31)28(27(32)33)13-6-14-28)22(19-29)17-20-7-3-2-4-8-20/h2-4,7-8,11-12,18,22-23H,5-6,9-10,13-17,19H2,1H3,(H,32,33)/t22-/m0/s1. The molecule has 1 aliphatic heterocycles. The number of carbonyl (C=O) groups excluding carboxylic acids is 1. The van der Waals surface area contributed by atoms with E-state index in [2.05, 4.69) is 17.0 Å². The van der Waals surface area contributed by atoms with Crippen LogP contribution in [0, 0.1) is 5.41 Å². The number of piperazine rings is 1. The summed E-state index contributed by atoms with van der Waals surface area (Å²) in [5.74, 6) is 0.277. The number of hydrogen-bond donors (Lipinski definition) is 1. The summed E-state index contributed by atoms with van der Waals surface area (Å²) in [5.41, 5.74) is 0.918. The molecule has 5 rings (SSSR count). The van der Waals surface area contributed by atoms with E-state index in [9.17, 15) is 14.7 Å². The van der Waals surface area contributed by atoms with Crippen molar-refractivity contribution in [2.45, 2.75) is 57.1 Å². The zero-order valence-corrected chi connectivity index (χ0v) is 20.3. The van der Waals surface area contributed by atoms with E-state index in [1.807, 2.05) is 41.3 Å². The van der Waals surface area contributed by atoms with E-state index in [0.29, 0.717) is 38.9 Å². The number of carbonyl (C=O) groups is 2. The third-order valence-electron chi connectivity index (χ3n) is 7.94. The molecule has 7 heteroatoms. The Balaban J connectivity index is 1.39. The van der Waals surface area contributed by atoms with Gasteiger partial charge in [0, 0.05) is 31.4 Å². The van der Waals surface area contributed by atoms with Crippen LogP contribution >= 0.6 is 0 Å². The molecule has 7 nitrogen and oxygen atoms in total. The fraction of sp³-hybridized carbons (Fsp3) is 0.500. The number of amides is 1. The van der Waals surface area contributed by atoms with E-state index in [4.69, 9.17) is 9.47 Å². The van der Waals surface area contributed by atoms with Gasteiger partial charge in [-0.25, -0.2) is 0 Å². The van der Waals surface area contributed by atoms with E-state index >= 15 is 0 Å². The summed E-state index contributed by atoms with van der Waals surface area (Å²) in [4.78, 5) is 29.8. The van der Waals surface area contributed by atoms with Crippen LogP contribution in [0.2, 0.25) is 0 Å². The Morgan fingerprint density at radius 2 is 1.80 bits per heavy atom. The van der Waals surface area contributed by atoms with E-state index in [1.165, 1.54) is 6.42 Å². The summed E-state index contributed by atoms with van der Waals surface area (Å²) < 4.78 is 11.7. The first-order chi connectivity index (χ1) is 17.0. The largest absolute Gasteiger partial charge is 0.493 e. The molecule has 0 unspecified atom stereocenters. The molecular weight excluding hydrogens is 444 g/mol. The van der Waals surface area contributed by atoms with Crippen LogP contribution in [-0.2, 0) is 16.0 Å². The monoisotopic (exact) mass is 478 g/mol. The fourth-order valence-corrected chi connectivity index (χ4v) is 5.36. The molecule has 1 amide bonds. The smallest absolute Gasteiger partial charge is 0.319 e. The molecule has 0 spiro atoms. The lowest BCUT2D eigenvalue weighted by Gasteiger charge is -2.47. The van der Waals surface area contributed by atoms with Crippen LogP contribution in [0.25, 0.3) is 0 Å². The summed E-state index contributed by atoms with van der Waals surface area (Å²) in [6, 6.07) is 16.0. The average molecular weight is 479 g/mol. The van der Waals surface area contributed by atoms with E-state index in [1.54, 1.807) is 7.11 Å². The molecule has 1 heterocycles. The maximum absolute atomic E-state index is 13.6. The van der Waals surface area contributed by atoms with Gasteiger partial charge in [-0.2, -0.15) is 0 Å². The first-order valence-electron chi connectivity index (χ1n) is 12.7. The molecule has 0 aromatic heterocycles. The Kier molecular flexibility index (Phi) is 6.58. The summed E-state index contributed by atoms with van der Waals surface area (Å²) in [6.07, 6.45) is 5.91. The lowest BCUT2D eigenvalue weighted by atomic mass is 9.67. The van der Waals surface area contributed by atoms with Crippen LogP contribution in [0.1, 0.15) is 44.1 Å². The molecule has 1 saturated heterocycles. The van der Waals surface area contributed by atoms with Gasteiger partial charge in [-0.05, 0) is 56.2 Å². The first-order valence-corrected chi connectivity index (χ1v) is 12.7. The van der Waals surface area contributed by atoms with Gasteiger partial charge >= 0.3 is 5.97 Å². The fourth-order valence-electron chi connectivity index (χ4n) is 5.36. The van der Waals surface area contributed by atoms with Crippen molar-refractivity contribution >= 4 is 17.6 Å². The second-order valence-electron chi connectivity index (χ2n) is 10.0. The van der Waals surface area contributed by atoms with Gasteiger partial charge in [0.15, 0.2) is 11.5 Å². The Morgan fingerprint density at radius 1 is 1.03 bits per heavy atom. The van der Waals surface area contributed by atoms with Gasteiger partial charge in [0.05, 0.1) is 19.3 Å². The highest BCUT2D eigenvalue weighted by atomic mass is 16.5. The number of carboxylic acids is 1.